The smallest absolute Gasteiger partial charge is 0.405 e. The number of ether oxygens (including phenoxy) is 1. The van der Waals surface area contributed by atoms with E-state index in [1.165, 1.54) is 13.2 Å². The van der Waals surface area contributed by atoms with Crippen molar-refractivity contribution >= 4 is 32.7 Å². The summed E-state index contributed by atoms with van der Waals surface area (Å²) in [4.78, 5) is 8.14. The van der Waals surface area contributed by atoms with E-state index in [2.05, 4.69) is 31.2 Å². The van der Waals surface area contributed by atoms with Crippen molar-refractivity contribution in [2.24, 2.45) is 0 Å². The molecule has 4 nitrogen and oxygen atoms in total. The van der Waals surface area contributed by atoms with Crippen molar-refractivity contribution in [3.05, 3.63) is 22.8 Å². The predicted molar refractivity (Wildman–Crippen MR) is 68.3 cm³/mol. The van der Waals surface area contributed by atoms with Crippen LogP contribution in [-0.4, -0.2) is 29.8 Å². The van der Waals surface area contributed by atoms with Gasteiger partial charge in [0, 0.05) is 11.6 Å². The number of anilines is 1. The first kappa shape index (κ1) is 13.9. The third-order valence-electron chi connectivity index (χ3n) is 2.31. The Hall–Kier alpha value is -1.57. The molecule has 2 aromatic rings. The Bertz CT molecular complexity index is 603. The van der Waals surface area contributed by atoms with Crippen molar-refractivity contribution in [1.82, 2.24) is 9.97 Å². The molecule has 2 rings (SSSR count). The van der Waals surface area contributed by atoms with Crippen LogP contribution >= 0.6 is 15.9 Å². The first-order valence-corrected chi connectivity index (χ1v) is 6.00. The number of alkyl halides is 3. The molecule has 0 radical (unpaired) electrons. The van der Waals surface area contributed by atoms with Crippen molar-refractivity contribution in [3.63, 3.8) is 0 Å². The fourth-order valence-corrected chi connectivity index (χ4v) is 2.05. The lowest BCUT2D eigenvalue weighted by atomic mass is 10.2. The summed E-state index contributed by atoms with van der Waals surface area (Å²) in [5.74, 6) is 0.465. The van der Waals surface area contributed by atoms with Crippen LogP contribution in [0.4, 0.5) is 19.0 Å². The standard InChI is InChI=1S/C11H9BrF3N3O/c1-19-10-8(12)9-6(4-16-10)2-3-7(18-9)17-5-11(13,14)15/h2-4H,5H2,1H3,(H,17,18). The van der Waals surface area contributed by atoms with Gasteiger partial charge in [-0.15, -0.1) is 0 Å². The molecule has 0 fully saturated rings. The van der Waals surface area contributed by atoms with Gasteiger partial charge in [-0.05, 0) is 28.1 Å². The minimum atomic E-state index is -4.29. The molecule has 0 saturated carbocycles. The van der Waals surface area contributed by atoms with Gasteiger partial charge in [-0.25, -0.2) is 9.97 Å². The van der Waals surface area contributed by atoms with Gasteiger partial charge in [0.25, 0.3) is 0 Å². The summed E-state index contributed by atoms with van der Waals surface area (Å²) in [6.07, 6.45) is -2.75. The number of aromatic nitrogens is 2. The number of pyridine rings is 2. The first-order valence-electron chi connectivity index (χ1n) is 5.20. The molecule has 0 aliphatic heterocycles. The van der Waals surface area contributed by atoms with E-state index in [-0.39, 0.29) is 5.82 Å². The zero-order valence-corrected chi connectivity index (χ0v) is 11.3. The van der Waals surface area contributed by atoms with Gasteiger partial charge in [-0.2, -0.15) is 13.2 Å². The minimum Gasteiger partial charge on any atom is -0.480 e. The summed E-state index contributed by atoms with van der Waals surface area (Å²) in [6.45, 7) is -1.13. The zero-order chi connectivity index (χ0) is 14.0. The first-order chi connectivity index (χ1) is 8.90. The highest BCUT2D eigenvalue weighted by Gasteiger charge is 2.26. The molecule has 1 N–H and O–H groups in total. The lowest BCUT2D eigenvalue weighted by Crippen LogP contribution is -2.21. The van der Waals surface area contributed by atoms with E-state index in [1.807, 2.05) is 0 Å². The Balaban J connectivity index is 2.36. The molecule has 0 aliphatic rings. The molecular formula is C11H9BrF3N3O. The Labute approximate surface area is 115 Å². The van der Waals surface area contributed by atoms with Gasteiger partial charge in [0.2, 0.25) is 5.88 Å². The van der Waals surface area contributed by atoms with Gasteiger partial charge < -0.3 is 10.1 Å². The van der Waals surface area contributed by atoms with Crippen LogP contribution in [0.5, 0.6) is 5.88 Å². The average molecular weight is 336 g/mol. The van der Waals surface area contributed by atoms with Crippen LogP contribution in [-0.2, 0) is 0 Å². The highest BCUT2D eigenvalue weighted by atomic mass is 79.9. The number of halogens is 4. The third kappa shape index (κ3) is 3.25. The second-order valence-electron chi connectivity index (χ2n) is 3.68. The Morgan fingerprint density at radius 3 is 2.74 bits per heavy atom. The van der Waals surface area contributed by atoms with Gasteiger partial charge in [0.05, 0.1) is 12.6 Å². The number of hydrogen-bond acceptors (Lipinski definition) is 4. The molecular weight excluding hydrogens is 327 g/mol. The van der Waals surface area contributed by atoms with Crippen LogP contribution in [0.2, 0.25) is 0 Å². The maximum atomic E-state index is 12.1. The molecule has 0 aliphatic carbocycles. The quantitative estimate of drug-likeness (QED) is 0.934. The van der Waals surface area contributed by atoms with Gasteiger partial charge >= 0.3 is 6.18 Å². The number of hydrogen-bond donors (Lipinski definition) is 1. The van der Waals surface area contributed by atoms with E-state index in [9.17, 15) is 13.2 Å². The second kappa shape index (κ2) is 5.20. The normalized spacial score (nSPS) is 11.6. The molecule has 0 bridgehead atoms. The molecule has 0 spiro atoms. The van der Waals surface area contributed by atoms with Crippen LogP contribution < -0.4 is 10.1 Å². The van der Waals surface area contributed by atoms with E-state index in [0.717, 1.165) is 0 Å². The third-order valence-corrected chi connectivity index (χ3v) is 3.02. The Morgan fingerprint density at radius 2 is 2.11 bits per heavy atom. The summed E-state index contributed by atoms with van der Waals surface area (Å²) >= 11 is 3.27. The maximum absolute atomic E-state index is 12.1. The van der Waals surface area contributed by atoms with E-state index in [0.29, 0.717) is 21.3 Å². The average Bonchev–Trinajstić information content (AvgIpc) is 2.36. The monoisotopic (exact) mass is 335 g/mol. The molecule has 0 amide bonds. The summed E-state index contributed by atoms with van der Waals surface area (Å²) in [5.41, 5.74) is 0.485. The SMILES string of the molecule is COc1ncc2ccc(NCC(F)(F)F)nc2c1Br. The lowest BCUT2D eigenvalue weighted by molar-refractivity contribution is -0.115. The number of methoxy groups -OCH3 is 1. The molecule has 0 aromatic carbocycles. The molecule has 19 heavy (non-hydrogen) atoms. The van der Waals surface area contributed by atoms with Crippen molar-refractivity contribution in [3.8, 4) is 5.88 Å². The van der Waals surface area contributed by atoms with Crippen molar-refractivity contribution in [1.29, 1.82) is 0 Å². The van der Waals surface area contributed by atoms with Crippen LogP contribution in [0, 0.1) is 0 Å². The molecule has 102 valence electrons. The van der Waals surface area contributed by atoms with Gasteiger partial charge in [-0.3, -0.25) is 0 Å². The molecule has 0 saturated heterocycles. The summed E-state index contributed by atoms with van der Waals surface area (Å²) in [7, 11) is 1.45. The molecule has 2 heterocycles. The number of rotatable bonds is 3. The maximum Gasteiger partial charge on any atom is 0.405 e. The van der Waals surface area contributed by atoms with Gasteiger partial charge in [0.15, 0.2) is 0 Å². The summed E-state index contributed by atoms with van der Waals surface area (Å²) in [6, 6.07) is 3.10. The largest absolute Gasteiger partial charge is 0.480 e. The molecule has 0 unspecified atom stereocenters. The zero-order valence-electron chi connectivity index (χ0n) is 9.75. The van der Waals surface area contributed by atoms with Crippen molar-refractivity contribution < 1.29 is 17.9 Å². The lowest BCUT2D eigenvalue weighted by Gasteiger charge is -2.10. The predicted octanol–water partition coefficient (Wildman–Crippen LogP) is 3.38. The second-order valence-corrected chi connectivity index (χ2v) is 4.48. The van der Waals surface area contributed by atoms with E-state index >= 15 is 0 Å². The van der Waals surface area contributed by atoms with Crippen molar-refractivity contribution in [2.45, 2.75) is 6.18 Å². The fraction of sp³-hybridized carbons (Fsp3) is 0.273. The summed E-state index contributed by atoms with van der Waals surface area (Å²) in [5, 5.41) is 2.92. The highest BCUT2D eigenvalue weighted by Crippen LogP contribution is 2.30. The molecule has 2 aromatic heterocycles. The Kier molecular flexibility index (Phi) is 3.79. The van der Waals surface area contributed by atoms with E-state index < -0.39 is 12.7 Å². The van der Waals surface area contributed by atoms with Gasteiger partial charge in [-0.1, -0.05) is 0 Å². The van der Waals surface area contributed by atoms with Crippen LogP contribution in [0.25, 0.3) is 10.9 Å². The number of nitrogens with zero attached hydrogens (tertiary/aromatic N) is 2. The number of fused-ring (bicyclic) bond motifs is 1. The fourth-order valence-electron chi connectivity index (χ4n) is 1.47. The summed E-state index contributed by atoms with van der Waals surface area (Å²) < 4.78 is 41.9. The molecule has 0 atom stereocenters. The van der Waals surface area contributed by atoms with Crippen LogP contribution in [0.3, 0.4) is 0 Å². The number of nitrogens with one attached hydrogen (secondary N) is 1. The Morgan fingerprint density at radius 1 is 1.37 bits per heavy atom. The van der Waals surface area contributed by atoms with Crippen LogP contribution in [0.1, 0.15) is 0 Å². The minimum absolute atomic E-state index is 0.138. The van der Waals surface area contributed by atoms with E-state index in [4.69, 9.17) is 4.74 Å². The topological polar surface area (TPSA) is 47.0 Å². The van der Waals surface area contributed by atoms with Gasteiger partial charge in [0.1, 0.15) is 16.8 Å². The van der Waals surface area contributed by atoms with E-state index in [1.54, 1.807) is 12.3 Å². The van der Waals surface area contributed by atoms with Crippen molar-refractivity contribution in [2.75, 3.05) is 19.0 Å². The van der Waals surface area contributed by atoms with Crippen LogP contribution in [0.15, 0.2) is 22.8 Å². The molecule has 8 heteroatoms. The highest BCUT2D eigenvalue weighted by molar-refractivity contribution is 9.10.